The van der Waals surface area contributed by atoms with Crippen molar-refractivity contribution < 1.29 is 0 Å². The number of fused-ring (bicyclic) bond motifs is 2. The summed E-state index contributed by atoms with van der Waals surface area (Å²) >= 11 is 4.07. The Bertz CT molecular complexity index is 988. The molecule has 0 radical (unpaired) electrons. The number of halogens is 1. The van der Waals surface area contributed by atoms with Gasteiger partial charge in [-0.05, 0) is 0 Å². The number of hydrogen-bond acceptors (Lipinski definition) is 0. The first kappa shape index (κ1) is 18.0. The normalized spacial score (nSPS) is 11.5. The summed E-state index contributed by atoms with van der Waals surface area (Å²) in [6, 6.07) is 22.6. The Hall–Kier alpha value is -1.34. The standard InChI is InChI=1S/C24H23BrSe/c1-2-3-4-5-10-17-18-11-6-8-13-20(18)24(22-15-16-23(25)26-22)21-14-9-7-12-19(17)21/h6-9,11-16H,2-5,10H2,1H3. The molecule has 0 fully saturated rings. The minimum atomic E-state index is 0.369. The van der Waals surface area contributed by atoms with Crippen LogP contribution in [0, 0.1) is 0 Å². The zero-order valence-electron chi connectivity index (χ0n) is 15.1. The Kier molecular flexibility index (Phi) is 5.64. The van der Waals surface area contributed by atoms with Crippen molar-refractivity contribution in [1.82, 2.24) is 0 Å². The second-order valence-electron chi connectivity index (χ2n) is 6.86. The fraction of sp³-hybridized carbons (Fsp3) is 0.250. The van der Waals surface area contributed by atoms with Crippen LogP contribution in [-0.2, 0) is 6.42 Å². The summed E-state index contributed by atoms with van der Waals surface area (Å²) in [6.07, 6.45) is 6.40. The van der Waals surface area contributed by atoms with Crippen molar-refractivity contribution in [3.63, 3.8) is 0 Å². The van der Waals surface area contributed by atoms with Gasteiger partial charge in [-0.25, -0.2) is 0 Å². The van der Waals surface area contributed by atoms with E-state index in [-0.39, 0.29) is 0 Å². The van der Waals surface area contributed by atoms with Crippen LogP contribution in [0.2, 0.25) is 0 Å². The van der Waals surface area contributed by atoms with Gasteiger partial charge < -0.3 is 0 Å². The zero-order valence-corrected chi connectivity index (χ0v) is 18.4. The van der Waals surface area contributed by atoms with Gasteiger partial charge in [0.2, 0.25) is 0 Å². The molecule has 132 valence electrons. The first-order valence-corrected chi connectivity index (χ1v) is 12.0. The summed E-state index contributed by atoms with van der Waals surface area (Å²) in [5.74, 6) is 0. The van der Waals surface area contributed by atoms with E-state index < -0.39 is 0 Å². The molecule has 0 N–H and O–H groups in total. The molecule has 0 saturated carbocycles. The van der Waals surface area contributed by atoms with E-state index in [4.69, 9.17) is 0 Å². The van der Waals surface area contributed by atoms with Crippen LogP contribution in [0.15, 0.2) is 64.0 Å². The number of aryl methyl sites for hydroxylation is 1. The van der Waals surface area contributed by atoms with Crippen molar-refractivity contribution in [3.8, 4) is 10.0 Å². The van der Waals surface area contributed by atoms with Crippen LogP contribution in [0.4, 0.5) is 0 Å². The number of unbranched alkanes of at least 4 members (excludes halogenated alkanes) is 3. The number of hydrogen-bond donors (Lipinski definition) is 0. The molecule has 26 heavy (non-hydrogen) atoms. The molecule has 2 heteroatoms. The van der Waals surface area contributed by atoms with E-state index in [2.05, 4.69) is 83.5 Å². The van der Waals surface area contributed by atoms with Crippen LogP contribution < -0.4 is 0 Å². The quantitative estimate of drug-likeness (QED) is 0.155. The Balaban J connectivity index is 1.97. The van der Waals surface area contributed by atoms with Crippen molar-refractivity contribution in [1.29, 1.82) is 0 Å². The van der Waals surface area contributed by atoms with Crippen LogP contribution in [0.1, 0.15) is 38.2 Å². The molecule has 0 aliphatic rings. The van der Waals surface area contributed by atoms with Gasteiger partial charge in [0, 0.05) is 0 Å². The summed E-state index contributed by atoms with van der Waals surface area (Å²) < 4.78 is 2.81. The Morgan fingerprint density at radius 2 is 1.35 bits per heavy atom. The third kappa shape index (κ3) is 3.43. The summed E-state index contributed by atoms with van der Waals surface area (Å²) in [4.78, 5) is 0. The van der Waals surface area contributed by atoms with Gasteiger partial charge in [0.25, 0.3) is 0 Å². The van der Waals surface area contributed by atoms with Gasteiger partial charge in [-0.1, -0.05) is 0 Å². The van der Waals surface area contributed by atoms with E-state index in [1.165, 1.54) is 72.6 Å². The molecule has 4 aromatic rings. The van der Waals surface area contributed by atoms with Gasteiger partial charge in [0.15, 0.2) is 0 Å². The predicted octanol–water partition coefficient (Wildman–Crippen LogP) is 7.60. The predicted molar refractivity (Wildman–Crippen MR) is 119 cm³/mol. The zero-order chi connectivity index (χ0) is 17.9. The second-order valence-corrected chi connectivity index (χ2v) is 11.2. The van der Waals surface area contributed by atoms with Crippen molar-refractivity contribution in [2.24, 2.45) is 0 Å². The number of rotatable bonds is 6. The van der Waals surface area contributed by atoms with Crippen LogP contribution >= 0.6 is 15.9 Å². The molecule has 3 aromatic carbocycles. The second kappa shape index (κ2) is 8.13. The average molecular weight is 470 g/mol. The Labute approximate surface area is 170 Å². The van der Waals surface area contributed by atoms with E-state index in [9.17, 15) is 0 Å². The molecule has 0 aliphatic carbocycles. The van der Waals surface area contributed by atoms with E-state index >= 15 is 0 Å². The average Bonchev–Trinajstić information content (AvgIpc) is 3.10. The molecule has 0 amide bonds. The molecular formula is C24H23BrSe. The van der Waals surface area contributed by atoms with Crippen molar-refractivity contribution in [2.75, 3.05) is 0 Å². The van der Waals surface area contributed by atoms with Crippen LogP contribution in [0.25, 0.3) is 31.5 Å². The molecule has 0 atom stereocenters. The van der Waals surface area contributed by atoms with Crippen molar-refractivity contribution >= 4 is 52.0 Å². The fourth-order valence-corrected chi connectivity index (χ4v) is 6.66. The van der Waals surface area contributed by atoms with Crippen LogP contribution in [0.3, 0.4) is 0 Å². The molecule has 0 bridgehead atoms. The molecule has 1 aromatic heterocycles. The SMILES string of the molecule is CCCCCCc1c2ccccc2c(-c2ccc(Br)[se]2)c2ccccc12. The van der Waals surface area contributed by atoms with E-state index in [1.54, 1.807) is 0 Å². The van der Waals surface area contributed by atoms with Gasteiger partial charge in [-0.2, -0.15) is 0 Å². The molecule has 4 rings (SSSR count). The van der Waals surface area contributed by atoms with Gasteiger partial charge in [-0.15, -0.1) is 0 Å². The third-order valence-electron chi connectivity index (χ3n) is 5.14. The summed E-state index contributed by atoms with van der Waals surface area (Å²) in [7, 11) is 0. The van der Waals surface area contributed by atoms with Gasteiger partial charge in [0.05, 0.1) is 0 Å². The molecule has 1 heterocycles. The van der Waals surface area contributed by atoms with Crippen LogP contribution in [0.5, 0.6) is 0 Å². The maximum absolute atomic E-state index is 3.70. The summed E-state index contributed by atoms with van der Waals surface area (Å²) in [5, 5.41) is 5.72. The first-order chi connectivity index (χ1) is 12.8. The van der Waals surface area contributed by atoms with Gasteiger partial charge >= 0.3 is 171 Å². The van der Waals surface area contributed by atoms with Gasteiger partial charge in [0.1, 0.15) is 0 Å². The van der Waals surface area contributed by atoms with E-state index in [1.807, 2.05) is 0 Å². The van der Waals surface area contributed by atoms with Crippen molar-refractivity contribution in [2.45, 2.75) is 39.0 Å². The third-order valence-corrected chi connectivity index (χ3v) is 8.12. The summed E-state index contributed by atoms with van der Waals surface area (Å²) in [5.41, 5.74) is 2.98. The first-order valence-electron chi connectivity index (χ1n) is 9.47. The molecule has 0 nitrogen and oxygen atoms in total. The van der Waals surface area contributed by atoms with Crippen molar-refractivity contribution in [3.05, 3.63) is 69.6 Å². The molecular weight excluding hydrogens is 447 g/mol. The van der Waals surface area contributed by atoms with Crippen LogP contribution in [-0.4, -0.2) is 14.5 Å². The molecule has 0 unspecified atom stereocenters. The molecule has 0 spiro atoms. The number of benzene rings is 3. The fourth-order valence-electron chi connectivity index (χ4n) is 3.93. The summed E-state index contributed by atoms with van der Waals surface area (Å²) in [6.45, 7) is 2.28. The monoisotopic (exact) mass is 470 g/mol. The Morgan fingerprint density at radius 1 is 0.731 bits per heavy atom. The van der Waals surface area contributed by atoms with Gasteiger partial charge in [-0.3, -0.25) is 0 Å². The molecule has 0 aliphatic heterocycles. The minimum absolute atomic E-state index is 0.369. The Morgan fingerprint density at radius 3 is 1.88 bits per heavy atom. The molecule has 0 saturated heterocycles. The van der Waals surface area contributed by atoms with E-state index in [0.29, 0.717) is 14.5 Å². The van der Waals surface area contributed by atoms with E-state index in [0.717, 1.165) is 0 Å². The maximum atomic E-state index is 3.70. The topological polar surface area (TPSA) is 0 Å².